The SMILES string of the molecule is CC1CCC(NC(=O)c2ccc(S(=O)(=O)N(C)C(C)C)cc2)CC1. The molecule has 1 aromatic carbocycles. The summed E-state index contributed by atoms with van der Waals surface area (Å²) in [4.78, 5) is 12.5. The smallest absolute Gasteiger partial charge is 0.251 e. The zero-order chi connectivity index (χ0) is 17.9. The van der Waals surface area contributed by atoms with Crippen LogP contribution in [-0.4, -0.2) is 37.8 Å². The Bertz CT molecular complexity index is 660. The maximum absolute atomic E-state index is 12.4. The molecule has 2 rings (SSSR count). The second-order valence-electron chi connectivity index (χ2n) is 7.07. The van der Waals surface area contributed by atoms with Crippen molar-refractivity contribution in [2.45, 2.75) is 63.4 Å². The molecule has 0 aliphatic heterocycles. The third-order valence-corrected chi connectivity index (χ3v) is 6.92. The molecule has 0 aromatic heterocycles. The maximum atomic E-state index is 12.4. The number of rotatable bonds is 5. The van der Waals surface area contributed by atoms with Gasteiger partial charge in [0.15, 0.2) is 0 Å². The Kier molecular flexibility index (Phi) is 6.04. The van der Waals surface area contributed by atoms with Gasteiger partial charge in [-0.25, -0.2) is 8.42 Å². The number of sulfonamides is 1. The molecule has 0 unspecified atom stereocenters. The van der Waals surface area contributed by atoms with Crippen LogP contribution in [0.2, 0.25) is 0 Å². The van der Waals surface area contributed by atoms with E-state index in [0.717, 1.165) is 31.6 Å². The molecule has 1 fully saturated rings. The molecule has 6 heteroatoms. The minimum Gasteiger partial charge on any atom is -0.349 e. The molecule has 0 atom stereocenters. The lowest BCUT2D eigenvalue weighted by Gasteiger charge is -2.27. The van der Waals surface area contributed by atoms with Crippen molar-refractivity contribution in [1.82, 2.24) is 9.62 Å². The van der Waals surface area contributed by atoms with E-state index in [1.54, 1.807) is 19.2 Å². The second-order valence-corrected chi connectivity index (χ2v) is 9.07. The van der Waals surface area contributed by atoms with Gasteiger partial charge in [-0.15, -0.1) is 0 Å². The first-order valence-electron chi connectivity index (χ1n) is 8.60. The largest absolute Gasteiger partial charge is 0.349 e. The highest BCUT2D eigenvalue weighted by Gasteiger charge is 2.24. The summed E-state index contributed by atoms with van der Waals surface area (Å²) in [5.41, 5.74) is 0.500. The zero-order valence-electron chi connectivity index (χ0n) is 15.0. The summed E-state index contributed by atoms with van der Waals surface area (Å²) >= 11 is 0. The van der Waals surface area contributed by atoms with Crippen LogP contribution in [0.25, 0.3) is 0 Å². The minimum atomic E-state index is -3.51. The van der Waals surface area contributed by atoms with E-state index in [2.05, 4.69) is 12.2 Å². The number of nitrogens with zero attached hydrogens (tertiary/aromatic N) is 1. The highest BCUT2D eigenvalue weighted by molar-refractivity contribution is 7.89. The Morgan fingerprint density at radius 3 is 2.17 bits per heavy atom. The summed E-state index contributed by atoms with van der Waals surface area (Å²) in [6.45, 7) is 5.89. The van der Waals surface area contributed by atoms with Crippen molar-refractivity contribution >= 4 is 15.9 Å². The molecule has 0 spiro atoms. The Morgan fingerprint density at radius 1 is 1.12 bits per heavy atom. The maximum Gasteiger partial charge on any atom is 0.251 e. The van der Waals surface area contributed by atoms with E-state index in [9.17, 15) is 13.2 Å². The predicted octanol–water partition coefficient (Wildman–Crippen LogP) is 3.02. The first-order chi connectivity index (χ1) is 11.2. The standard InChI is InChI=1S/C18H28N2O3S/c1-13(2)20(4)24(22,23)17-11-7-15(8-12-17)18(21)19-16-9-5-14(3)6-10-16/h7-8,11-14,16H,5-6,9-10H2,1-4H3,(H,19,21). The van der Waals surface area contributed by atoms with E-state index >= 15 is 0 Å². The summed E-state index contributed by atoms with van der Waals surface area (Å²) in [6.07, 6.45) is 4.31. The van der Waals surface area contributed by atoms with Gasteiger partial charge >= 0.3 is 0 Å². The van der Waals surface area contributed by atoms with Crippen molar-refractivity contribution in [2.75, 3.05) is 7.05 Å². The van der Waals surface area contributed by atoms with Gasteiger partial charge in [0, 0.05) is 24.7 Å². The molecule has 0 bridgehead atoms. The van der Waals surface area contributed by atoms with Crippen LogP contribution in [0.1, 0.15) is 56.8 Å². The van der Waals surface area contributed by atoms with Gasteiger partial charge in [-0.1, -0.05) is 6.92 Å². The Balaban J connectivity index is 2.05. The molecule has 0 heterocycles. The third-order valence-electron chi connectivity index (χ3n) is 4.87. The normalized spacial score (nSPS) is 21.9. The predicted molar refractivity (Wildman–Crippen MR) is 95.4 cm³/mol. The Labute approximate surface area is 145 Å². The van der Waals surface area contributed by atoms with Crippen LogP contribution in [0.4, 0.5) is 0 Å². The topological polar surface area (TPSA) is 66.5 Å². The quantitative estimate of drug-likeness (QED) is 0.886. The van der Waals surface area contributed by atoms with Gasteiger partial charge in [0.1, 0.15) is 0 Å². The average Bonchev–Trinajstić information content (AvgIpc) is 2.56. The molecule has 5 nitrogen and oxygen atoms in total. The van der Waals surface area contributed by atoms with E-state index < -0.39 is 10.0 Å². The highest BCUT2D eigenvalue weighted by atomic mass is 32.2. The summed E-state index contributed by atoms with van der Waals surface area (Å²) in [5, 5.41) is 3.06. The lowest BCUT2D eigenvalue weighted by Crippen LogP contribution is -2.37. The number of hydrogen-bond acceptors (Lipinski definition) is 3. The number of carbonyl (C=O) groups excluding carboxylic acids is 1. The van der Waals surface area contributed by atoms with Gasteiger partial charge in [0.05, 0.1) is 4.90 Å². The lowest BCUT2D eigenvalue weighted by atomic mass is 9.87. The minimum absolute atomic E-state index is 0.119. The fraction of sp³-hybridized carbons (Fsp3) is 0.611. The monoisotopic (exact) mass is 352 g/mol. The summed E-state index contributed by atoms with van der Waals surface area (Å²) < 4.78 is 26.2. The van der Waals surface area contributed by atoms with Crippen molar-refractivity contribution in [1.29, 1.82) is 0 Å². The second kappa shape index (κ2) is 7.66. The number of nitrogens with one attached hydrogen (secondary N) is 1. The summed E-state index contributed by atoms with van der Waals surface area (Å²) in [7, 11) is -1.95. The zero-order valence-corrected chi connectivity index (χ0v) is 15.8. The van der Waals surface area contributed by atoms with Crippen molar-refractivity contribution in [3.05, 3.63) is 29.8 Å². The fourth-order valence-electron chi connectivity index (χ4n) is 2.90. The van der Waals surface area contributed by atoms with Gasteiger partial charge in [0.25, 0.3) is 5.91 Å². The molecule has 1 N–H and O–H groups in total. The molecule has 24 heavy (non-hydrogen) atoms. The third kappa shape index (κ3) is 4.36. The molecule has 134 valence electrons. The van der Waals surface area contributed by atoms with Crippen molar-refractivity contribution in [3.63, 3.8) is 0 Å². The number of amides is 1. The van der Waals surface area contributed by atoms with Gasteiger partial charge in [-0.2, -0.15) is 4.31 Å². The van der Waals surface area contributed by atoms with Crippen LogP contribution in [0.5, 0.6) is 0 Å². The van der Waals surface area contributed by atoms with Gasteiger partial charge < -0.3 is 5.32 Å². The van der Waals surface area contributed by atoms with Crippen molar-refractivity contribution < 1.29 is 13.2 Å². The number of benzene rings is 1. The summed E-state index contributed by atoms with van der Waals surface area (Å²) in [6, 6.07) is 6.29. The Hall–Kier alpha value is -1.40. The molecule has 0 radical (unpaired) electrons. The van der Waals surface area contributed by atoms with E-state index in [1.807, 2.05) is 13.8 Å². The lowest BCUT2D eigenvalue weighted by molar-refractivity contribution is 0.0923. The van der Waals surface area contributed by atoms with Crippen LogP contribution in [-0.2, 0) is 10.0 Å². The van der Waals surface area contributed by atoms with Gasteiger partial charge in [0.2, 0.25) is 10.0 Å². The van der Waals surface area contributed by atoms with Crippen LogP contribution < -0.4 is 5.32 Å². The molecule has 1 saturated carbocycles. The molecule has 1 aromatic rings. The molecule has 1 amide bonds. The van der Waals surface area contributed by atoms with Crippen LogP contribution >= 0.6 is 0 Å². The van der Waals surface area contributed by atoms with Crippen molar-refractivity contribution in [3.8, 4) is 0 Å². The van der Waals surface area contributed by atoms with E-state index in [1.165, 1.54) is 16.4 Å². The van der Waals surface area contributed by atoms with Gasteiger partial charge in [-0.3, -0.25) is 4.79 Å². The van der Waals surface area contributed by atoms with Crippen LogP contribution in [0.15, 0.2) is 29.2 Å². The molecule has 1 aliphatic rings. The molecule has 0 saturated heterocycles. The Morgan fingerprint density at radius 2 is 1.67 bits per heavy atom. The number of carbonyl (C=O) groups is 1. The first kappa shape index (κ1) is 18.9. The highest BCUT2D eigenvalue weighted by Crippen LogP contribution is 2.24. The van der Waals surface area contributed by atoms with E-state index in [-0.39, 0.29) is 22.9 Å². The van der Waals surface area contributed by atoms with E-state index in [4.69, 9.17) is 0 Å². The average molecular weight is 353 g/mol. The van der Waals surface area contributed by atoms with Crippen LogP contribution in [0.3, 0.4) is 0 Å². The number of hydrogen-bond donors (Lipinski definition) is 1. The molecular weight excluding hydrogens is 324 g/mol. The van der Waals surface area contributed by atoms with Gasteiger partial charge in [-0.05, 0) is 69.7 Å². The fourth-order valence-corrected chi connectivity index (χ4v) is 4.26. The first-order valence-corrected chi connectivity index (χ1v) is 10.0. The summed E-state index contributed by atoms with van der Waals surface area (Å²) in [5.74, 6) is 0.608. The van der Waals surface area contributed by atoms with E-state index in [0.29, 0.717) is 5.56 Å². The molecular formula is C18H28N2O3S. The molecule has 1 aliphatic carbocycles. The van der Waals surface area contributed by atoms with Crippen molar-refractivity contribution in [2.24, 2.45) is 5.92 Å². The van der Waals surface area contributed by atoms with Crippen LogP contribution in [0, 0.1) is 5.92 Å².